The Kier molecular flexibility index (Phi) is 3.28. The Labute approximate surface area is 104 Å². The van der Waals surface area contributed by atoms with Gasteiger partial charge in [-0.15, -0.1) is 0 Å². The molecule has 0 aliphatic heterocycles. The highest BCUT2D eigenvalue weighted by molar-refractivity contribution is 7.16. The molecule has 17 heavy (non-hydrogen) atoms. The first kappa shape index (κ1) is 11.9. The van der Waals surface area contributed by atoms with E-state index in [0.717, 1.165) is 10.8 Å². The third kappa shape index (κ3) is 2.55. The number of hydrogen-bond donors (Lipinski definition) is 1. The summed E-state index contributed by atoms with van der Waals surface area (Å²) < 4.78 is 1.91. The molecule has 2 heterocycles. The molecule has 0 aliphatic carbocycles. The average molecular weight is 249 g/mol. The van der Waals surface area contributed by atoms with Crippen molar-refractivity contribution < 1.29 is 4.79 Å². The molecule has 2 aromatic heterocycles. The lowest BCUT2D eigenvalue weighted by molar-refractivity contribution is 0.0946. The Morgan fingerprint density at radius 1 is 1.41 bits per heavy atom. The van der Waals surface area contributed by atoms with Crippen LogP contribution in [0.1, 0.15) is 29.2 Å². The largest absolute Gasteiger partial charge is 0.349 e. The van der Waals surface area contributed by atoms with Gasteiger partial charge in [-0.25, -0.2) is 4.98 Å². The lowest BCUT2D eigenvalue weighted by Gasteiger charge is -2.06. The molecule has 0 spiro atoms. The zero-order valence-electron chi connectivity index (χ0n) is 10.1. The molecule has 0 aromatic carbocycles. The summed E-state index contributed by atoms with van der Waals surface area (Å²) in [5.41, 5.74) is 0.775. The fourth-order valence-electron chi connectivity index (χ4n) is 1.49. The second kappa shape index (κ2) is 4.71. The van der Waals surface area contributed by atoms with Gasteiger partial charge in [-0.3, -0.25) is 4.79 Å². The number of nitrogens with zero attached hydrogens (tertiary/aromatic N) is 2. The maximum Gasteiger partial charge on any atom is 0.263 e. The summed E-state index contributed by atoms with van der Waals surface area (Å²) >= 11 is 1.41. The normalized spacial score (nSPS) is 10.8. The lowest BCUT2D eigenvalue weighted by atomic mass is 10.3. The molecular formula is C12H15N3OS. The second-order valence-electron chi connectivity index (χ2n) is 4.13. The van der Waals surface area contributed by atoms with Crippen LogP contribution in [-0.2, 0) is 0 Å². The maximum atomic E-state index is 11.9. The molecule has 5 heteroatoms. The summed E-state index contributed by atoms with van der Waals surface area (Å²) in [4.78, 5) is 17.0. The minimum Gasteiger partial charge on any atom is -0.349 e. The molecule has 1 N–H and O–H groups in total. The first-order chi connectivity index (χ1) is 8.08. The third-order valence-corrected chi connectivity index (χ3v) is 3.41. The van der Waals surface area contributed by atoms with Crippen LogP contribution in [-0.4, -0.2) is 21.5 Å². The summed E-state index contributed by atoms with van der Waals surface area (Å²) in [5, 5.41) is 3.70. The first-order valence-corrected chi connectivity index (χ1v) is 6.31. The number of aromatic nitrogens is 2. The standard InChI is InChI=1S/C12H15N3OS/c1-8(2)13-11(16)10-9(3)14-12(17-10)15-6-4-5-7-15/h4-8H,1-3H3,(H,13,16). The molecule has 0 fully saturated rings. The smallest absolute Gasteiger partial charge is 0.263 e. The molecule has 0 bridgehead atoms. The number of rotatable bonds is 3. The number of nitrogens with one attached hydrogen (secondary N) is 1. The Hall–Kier alpha value is -1.62. The van der Waals surface area contributed by atoms with Gasteiger partial charge in [-0.1, -0.05) is 11.3 Å². The number of carbonyl (C=O) groups is 1. The summed E-state index contributed by atoms with van der Waals surface area (Å²) in [6.07, 6.45) is 3.84. The fourth-order valence-corrected chi connectivity index (χ4v) is 2.43. The number of amides is 1. The van der Waals surface area contributed by atoms with Crippen LogP contribution in [0.2, 0.25) is 0 Å². The van der Waals surface area contributed by atoms with Gasteiger partial charge in [0.15, 0.2) is 5.13 Å². The monoisotopic (exact) mass is 249 g/mol. The molecule has 2 rings (SSSR count). The molecule has 2 aromatic rings. The van der Waals surface area contributed by atoms with Crippen LogP contribution >= 0.6 is 11.3 Å². The molecular weight excluding hydrogens is 234 g/mol. The summed E-state index contributed by atoms with van der Waals surface area (Å²) in [6.45, 7) is 5.75. The van der Waals surface area contributed by atoms with Crippen LogP contribution in [0, 0.1) is 6.92 Å². The average Bonchev–Trinajstić information content (AvgIpc) is 2.84. The van der Waals surface area contributed by atoms with Crippen molar-refractivity contribution in [3.05, 3.63) is 35.1 Å². The van der Waals surface area contributed by atoms with Gasteiger partial charge >= 0.3 is 0 Å². The third-order valence-electron chi connectivity index (χ3n) is 2.24. The Balaban J connectivity index is 2.28. The lowest BCUT2D eigenvalue weighted by Crippen LogP contribution is -2.29. The van der Waals surface area contributed by atoms with Crippen molar-refractivity contribution in [1.29, 1.82) is 0 Å². The van der Waals surface area contributed by atoms with Crippen LogP contribution in [0.15, 0.2) is 24.5 Å². The van der Waals surface area contributed by atoms with Gasteiger partial charge in [0.05, 0.1) is 5.69 Å². The zero-order valence-corrected chi connectivity index (χ0v) is 10.9. The van der Waals surface area contributed by atoms with Crippen molar-refractivity contribution in [1.82, 2.24) is 14.9 Å². The van der Waals surface area contributed by atoms with Crippen LogP contribution in [0.3, 0.4) is 0 Å². The maximum absolute atomic E-state index is 11.9. The van der Waals surface area contributed by atoms with Crippen molar-refractivity contribution in [3.63, 3.8) is 0 Å². The van der Waals surface area contributed by atoms with Crippen molar-refractivity contribution in [3.8, 4) is 5.13 Å². The van der Waals surface area contributed by atoms with E-state index in [9.17, 15) is 4.79 Å². The van der Waals surface area contributed by atoms with E-state index in [0.29, 0.717) is 4.88 Å². The van der Waals surface area contributed by atoms with Crippen molar-refractivity contribution in [2.45, 2.75) is 26.8 Å². The minimum atomic E-state index is -0.0478. The molecule has 0 radical (unpaired) electrons. The molecule has 0 unspecified atom stereocenters. The van der Waals surface area contributed by atoms with Gasteiger partial charge in [-0.05, 0) is 32.9 Å². The van der Waals surface area contributed by atoms with Crippen molar-refractivity contribution in [2.24, 2.45) is 0 Å². The summed E-state index contributed by atoms with van der Waals surface area (Å²) in [5.74, 6) is -0.0478. The molecule has 90 valence electrons. The number of carbonyl (C=O) groups excluding carboxylic acids is 1. The predicted octanol–water partition coefficient (Wildman–Crippen LogP) is 2.38. The van der Waals surface area contributed by atoms with E-state index in [2.05, 4.69) is 10.3 Å². The minimum absolute atomic E-state index is 0.0478. The summed E-state index contributed by atoms with van der Waals surface area (Å²) in [7, 11) is 0. The molecule has 4 nitrogen and oxygen atoms in total. The molecule has 1 amide bonds. The van der Waals surface area contributed by atoms with Gasteiger partial charge < -0.3 is 9.88 Å². The molecule has 0 saturated carbocycles. The zero-order chi connectivity index (χ0) is 12.4. The topological polar surface area (TPSA) is 46.9 Å². The van der Waals surface area contributed by atoms with E-state index in [1.807, 2.05) is 49.9 Å². The Bertz CT molecular complexity index is 514. The van der Waals surface area contributed by atoms with E-state index < -0.39 is 0 Å². The van der Waals surface area contributed by atoms with Crippen molar-refractivity contribution in [2.75, 3.05) is 0 Å². The highest BCUT2D eigenvalue weighted by Gasteiger charge is 2.16. The van der Waals surface area contributed by atoms with Gasteiger partial charge in [0.1, 0.15) is 4.88 Å². The van der Waals surface area contributed by atoms with E-state index in [4.69, 9.17) is 0 Å². The summed E-state index contributed by atoms with van der Waals surface area (Å²) in [6, 6.07) is 4.01. The fraction of sp³-hybridized carbons (Fsp3) is 0.333. The highest BCUT2D eigenvalue weighted by Crippen LogP contribution is 2.21. The van der Waals surface area contributed by atoms with Gasteiger partial charge in [0.2, 0.25) is 0 Å². The molecule has 0 atom stereocenters. The highest BCUT2D eigenvalue weighted by atomic mass is 32.1. The molecule has 0 aliphatic rings. The Morgan fingerprint density at radius 3 is 2.65 bits per heavy atom. The van der Waals surface area contributed by atoms with Gasteiger partial charge in [0, 0.05) is 18.4 Å². The van der Waals surface area contributed by atoms with Crippen molar-refractivity contribution >= 4 is 17.2 Å². The number of aryl methyl sites for hydroxylation is 1. The van der Waals surface area contributed by atoms with E-state index in [1.165, 1.54) is 11.3 Å². The molecule has 0 saturated heterocycles. The SMILES string of the molecule is Cc1nc(-n2cccc2)sc1C(=O)NC(C)C. The van der Waals surface area contributed by atoms with E-state index in [1.54, 1.807) is 0 Å². The predicted molar refractivity (Wildman–Crippen MR) is 68.8 cm³/mol. The first-order valence-electron chi connectivity index (χ1n) is 5.49. The van der Waals surface area contributed by atoms with Crippen LogP contribution in [0.5, 0.6) is 0 Å². The van der Waals surface area contributed by atoms with E-state index >= 15 is 0 Å². The van der Waals surface area contributed by atoms with E-state index in [-0.39, 0.29) is 11.9 Å². The van der Waals surface area contributed by atoms with Gasteiger partial charge in [0.25, 0.3) is 5.91 Å². The Morgan fingerprint density at radius 2 is 2.06 bits per heavy atom. The number of thiazole rings is 1. The number of hydrogen-bond acceptors (Lipinski definition) is 3. The van der Waals surface area contributed by atoms with Crippen LogP contribution in [0.4, 0.5) is 0 Å². The van der Waals surface area contributed by atoms with Crippen LogP contribution in [0.25, 0.3) is 5.13 Å². The quantitative estimate of drug-likeness (QED) is 0.907. The second-order valence-corrected chi connectivity index (χ2v) is 5.11. The van der Waals surface area contributed by atoms with Crippen LogP contribution < -0.4 is 5.32 Å². The van der Waals surface area contributed by atoms with Gasteiger partial charge in [-0.2, -0.15) is 0 Å².